The van der Waals surface area contributed by atoms with Crippen LogP contribution in [0.2, 0.25) is 0 Å². The molecule has 2 rings (SSSR count). The Morgan fingerprint density at radius 2 is 1.47 bits per heavy atom. The summed E-state index contributed by atoms with van der Waals surface area (Å²) in [6.45, 7) is 3.13. The van der Waals surface area contributed by atoms with Crippen LogP contribution >= 0.6 is 11.6 Å². The molecule has 0 saturated carbocycles. The second-order valence-electron chi connectivity index (χ2n) is 6.37. The highest BCUT2D eigenvalue weighted by molar-refractivity contribution is 6.80. The van der Waals surface area contributed by atoms with Crippen molar-refractivity contribution in [2.75, 3.05) is 13.2 Å². The Morgan fingerprint density at radius 1 is 0.882 bits per heavy atom. The van der Waals surface area contributed by atoms with Crippen molar-refractivity contribution in [2.45, 2.75) is 33.1 Å². The molecular formula is C22H22ClF3N2O6. The van der Waals surface area contributed by atoms with E-state index in [0.717, 1.165) is 16.5 Å². The highest BCUT2D eigenvalue weighted by Gasteiger charge is 2.33. The topological polar surface area (TPSA) is 103 Å². The van der Waals surface area contributed by atoms with E-state index in [0.29, 0.717) is 0 Å². The third kappa shape index (κ3) is 9.99. The highest BCUT2D eigenvalue weighted by atomic mass is 35.5. The van der Waals surface area contributed by atoms with Crippen LogP contribution in [0.5, 0.6) is 0 Å². The molecule has 34 heavy (non-hydrogen) atoms. The number of alkyl halides is 3. The number of halogens is 4. The second kappa shape index (κ2) is 13.9. The number of hydrogen-bond acceptors (Lipinski definition) is 7. The van der Waals surface area contributed by atoms with Crippen LogP contribution in [0.3, 0.4) is 0 Å². The minimum atomic E-state index is -4.59. The van der Waals surface area contributed by atoms with Gasteiger partial charge in [-0.3, -0.25) is 9.59 Å². The van der Waals surface area contributed by atoms with Gasteiger partial charge in [0.1, 0.15) is 5.69 Å². The average Bonchev–Trinajstić information content (AvgIpc) is 2.79. The summed E-state index contributed by atoms with van der Waals surface area (Å²) in [5, 5.41) is -1.08. The lowest BCUT2D eigenvalue weighted by Crippen LogP contribution is -2.37. The van der Waals surface area contributed by atoms with Gasteiger partial charge in [-0.05, 0) is 43.1 Å². The van der Waals surface area contributed by atoms with Crippen molar-refractivity contribution in [1.82, 2.24) is 9.88 Å². The zero-order chi connectivity index (χ0) is 25.7. The first-order valence-corrected chi connectivity index (χ1v) is 10.3. The van der Waals surface area contributed by atoms with Gasteiger partial charge < -0.3 is 14.4 Å². The molecule has 0 bridgehead atoms. The van der Waals surface area contributed by atoms with Crippen LogP contribution in [-0.2, 0) is 47.9 Å². The summed E-state index contributed by atoms with van der Waals surface area (Å²) >= 11 is 4.69. The van der Waals surface area contributed by atoms with Crippen molar-refractivity contribution in [2.24, 2.45) is 0 Å². The van der Waals surface area contributed by atoms with Gasteiger partial charge in [0.05, 0.1) is 25.5 Å². The molecule has 0 fully saturated rings. The van der Waals surface area contributed by atoms with Gasteiger partial charge in [-0.25, -0.2) is 14.6 Å². The minimum Gasteiger partial charge on any atom is -0.459 e. The number of carbonyl (C=O) groups is 4. The van der Waals surface area contributed by atoms with E-state index >= 15 is 0 Å². The number of aromatic nitrogens is 1. The van der Waals surface area contributed by atoms with Gasteiger partial charge in [0.2, 0.25) is 0 Å². The predicted molar refractivity (Wildman–Crippen MR) is 114 cm³/mol. The summed E-state index contributed by atoms with van der Waals surface area (Å²) < 4.78 is 47.4. The molecule has 0 N–H and O–H groups in total. The lowest BCUT2D eigenvalue weighted by molar-refractivity contribution is -0.160. The van der Waals surface area contributed by atoms with E-state index in [1.165, 1.54) is 12.1 Å². The fourth-order valence-electron chi connectivity index (χ4n) is 2.43. The van der Waals surface area contributed by atoms with E-state index in [4.69, 9.17) is 16.3 Å². The molecule has 1 aromatic carbocycles. The Morgan fingerprint density at radius 3 is 1.97 bits per heavy atom. The second-order valence-corrected chi connectivity index (χ2v) is 6.72. The molecule has 0 unspecified atom stereocenters. The van der Waals surface area contributed by atoms with Crippen LogP contribution in [0.25, 0.3) is 0 Å². The van der Waals surface area contributed by atoms with Gasteiger partial charge in [0, 0.05) is 6.54 Å². The lowest BCUT2D eigenvalue weighted by Gasteiger charge is -2.22. The summed E-state index contributed by atoms with van der Waals surface area (Å²) in [6.07, 6.45) is -4.59. The number of hydrogen-bond donors (Lipinski definition) is 0. The number of benzene rings is 1. The van der Waals surface area contributed by atoms with Gasteiger partial charge in [0.15, 0.2) is 0 Å². The third-order valence-electron chi connectivity index (χ3n) is 3.84. The number of esters is 2. The minimum absolute atomic E-state index is 0.0194. The Bertz CT molecular complexity index is 986. The van der Waals surface area contributed by atoms with Gasteiger partial charge in [-0.2, -0.15) is 13.2 Å². The summed E-state index contributed by atoms with van der Waals surface area (Å²) in [7, 11) is 0. The maximum Gasteiger partial charge on any atom is 0.433 e. The van der Waals surface area contributed by atoms with Crippen molar-refractivity contribution in [3.8, 4) is 0 Å². The van der Waals surface area contributed by atoms with Crippen molar-refractivity contribution in [3.05, 3.63) is 65.5 Å². The molecule has 0 aliphatic heterocycles. The van der Waals surface area contributed by atoms with Crippen molar-refractivity contribution >= 4 is 34.7 Å². The quantitative estimate of drug-likeness (QED) is 0.324. The predicted octanol–water partition coefficient (Wildman–Crippen LogP) is 3.51. The van der Waals surface area contributed by atoms with Crippen LogP contribution in [0.4, 0.5) is 13.2 Å². The van der Waals surface area contributed by atoms with Crippen LogP contribution < -0.4 is 0 Å². The van der Waals surface area contributed by atoms with Gasteiger partial charge >= 0.3 is 29.3 Å². The van der Waals surface area contributed by atoms with E-state index < -0.39 is 35.0 Å². The molecule has 2 aromatic rings. The molecule has 1 aromatic heterocycles. The number of rotatable bonds is 7. The molecule has 0 aliphatic rings. The number of carbonyl (C=O) groups excluding carboxylic acids is 4. The van der Waals surface area contributed by atoms with Crippen LogP contribution in [-0.4, -0.2) is 46.2 Å². The number of ether oxygens (including phenoxy) is 2. The highest BCUT2D eigenvalue weighted by Crippen LogP contribution is 2.27. The third-order valence-corrected chi connectivity index (χ3v) is 3.99. The zero-order valence-corrected chi connectivity index (χ0v) is 19.1. The van der Waals surface area contributed by atoms with Crippen molar-refractivity contribution in [3.63, 3.8) is 0 Å². The molecular weight excluding hydrogens is 481 g/mol. The molecule has 12 heteroatoms. The summed E-state index contributed by atoms with van der Waals surface area (Å²) in [4.78, 5) is 48.6. The van der Waals surface area contributed by atoms with E-state index in [-0.39, 0.29) is 32.0 Å². The van der Waals surface area contributed by atoms with E-state index in [1.807, 2.05) is 0 Å². The van der Waals surface area contributed by atoms with Gasteiger partial charge in [-0.1, -0.05) is 36.4 Å². The molecule has 1 amide bonds. The largest absolute Gasteiger partial charge is 0.459 e. The zero-order valence-electron chi connectivity index (χ0n) is 18.3. The SMILES string of the molecule is CCOC(=O)C(=O)Cl.CCOC(=O)C(=O)N(Cc1ccccc1)Cc1cccc(C(F)(F)F)n1. The molecule has 184 valence electrons. The molecule has 8 nitrogen and oxygen atoms in total. The standard InChI is InChI=1S/C18H17F3N2O3.C4H5ClO3/c1-2-26-17(25)16(24)23(11-13-7-4-3-5-8-13)12-14-9-6-10-15(22-14)18(19,20)21;1-2-8-4(7)3(5)6/h3-10H,2,11-12H2,1H3;2H2,1H3. The number of pyridine rings is 1. The van der Waals surface area contributed by atoms with E-state index in [2.05, 4.69) is 9.72 Å². The molecule has 0 radical (unpaired) electrons. The summed E-state index contributed by atoms with van der Waals surface area (Å²) in [5.74, 6) is -2.99. The maximum absolute atomic E-state index is 12.8. The number of amides is 1. The van der Waals surface area contributed by atoms with E-state index in [9.17, 15) is 32.3 Å². The molecule has 1 heterocycles. The Kier molecular flexibility index (Phi) is 11.7. The Labute approximate surface area is 198 Å². The first kappa shape index (κ1) is 28.6. The molecule has 0 aliphatic carbocycles. The first-order valence-electron chi connectivity index (χ1n) is 9.89. The van der Waals surface area contributed by atoms with Crippen molar-refractivity contribution in [1.29, 1.82) is 0 Å². The summed E-state index contributed by atoms with van der Waals surface area (Å²) in [6, 6.07) is 12.2. The fourth-order valence-corrected chi connectivity index (χ4v) is 2.49. The maximum atomic E-state index is 12.8. The Hall–Kier alpha value is -3.47. The monoisotopic (exact) mass is 502 g/mol. The van der Waals surface area contributed by atoms with Gasteiger partial charge in [0.25, 0.3) is 0 Å². The average molecular weight is 503 g/mol. The number of nitrogens with zero attached hydrogens (tertiary/aromatic N) is 2. The normalized spacial score (nSPS) is 10.4. The molecule has 0 spiro atoms. The van der Waals surface area contributed by atoms with E-state index in [1.54, 1.807) is 44.2 Å². The van der Waals surface area contributed by atoms with Crippen LogP contribution in [0.1, 0.15) is 30.8 Å². The fraction of sp³-hybridized carbons (Fsp3) is 0.318. The Balaban J connectivity index is 0.000000620. The molecule has 0 atom stereocenters. The van der Waals surface area contributed by atoms with Crippen LogP contribution in [0.15, 0.2) is 48.5 Å². The first-order chi connectivity index (χ1) is 16.0. The van der Waals surface area contributed by atoms with Crippen molar-refractivity contribution < 1.29 is 41.8 Å². The summed E-state index contributed by atoms with van der Waals surface area (Å²) in [5.41, 5.74) is -0.316. The van der Waals surface area contributed by atoms with Crippen LogP contribution in [0, 0.1) is 0 Å². The lowest BCUT2D eigenvalue weighted by atomic mass is 10.2. The molecule has 0 saturated heterocycles. The smallest absolute Gasteiger partial charge is 0.433 e. The van der Waals surface area contributed by atoms with Gasteiger partial charge in [-0.15, -0.1) is 0 Å².